The van der Waals surface area contributed by atoms with Crippen LogP contribution < -0.4 is 32.0 Å². The van der Waals surface area contributed by atoms with Crippen molar-refractivity contribution in [1.82, 2.24) is 58.2 Å². The van der Waals surface area contributed by atoms with Crippen molar-refractivity contribution in [3.8, 4) is 11.5 Å². The van der Waals surface area contributed by atoms with E-state index in [4.69, 9.17) is 51.7 Å². The molecule has 42 heteroatoms. The summed E-state index contributed by atoms with van der Waals surface area (Å²) in [5.74, 6) is -5.62. The molecule has 4 heterocycles. The molecule has 5 saturated carbocycles. The Balaban J connectivity index is 0.000000302. The van der Waals surface area contributed by atoms with Crippen molar-refractivity contribution >= 4 is 81.1 Å². The maximum atomic E-state index is 12.7. The summed E-state index contributed by atoms with van der Waals surface area (Å²) in [7, 11) is 7.03. The van der Waals surface area contributed by atoms with Crippen LogP contribution in [0.4, 0.5) is 26.3 Å². The SMILES string of the molecule is CC(C)(C)OC(=O)CBr.CC(C)(C)OC(=O)CNC1CCC1.Cn1cnc(C(=O)N(CC(=O)O)C2CCC2)c1.Cn1cnc(C(=O)N(CC(=O)OC(C)(C)C)C2CCC2)c1.Cn1cnc(C(=O)N(CC(=O)ON=C(N)c2ccc(OC(F)(F)F)cc2)C2CCC2)c1.Cn1cnc(C(=O)O)c1.N/C(=N/O)c1ccc(OC(F)(F)F)cc1.NC1CCC1. The van der Waals surface area contributed by atoms with Gasteiger partial charge < -0.3 is 99.4 Å². The number of esters is 3. The number of carbonyl (C=O) groups is 9. The van der Waals surface area contributed by atoms with E-state index in [1.807, 2.05) is 69.4 Å². The van der Waals surface area contributed by atoms with Crippen molar-refractivity contribution in [2.24, 2.45) is 55.7 Å². The van der Waals surface area contributed by atoms with E-state index in [0.29, 0.717) is 35.6 Å². The topological polar surface area (TPSA) is 466 Å². The van der Waals surface area contributed by atoms with Crippen LogP contribution in [0.15, 0.2) is 109 Å². The highest BCUT2D eigenvalue weighted by molar-refractivity contribution is 9.09. The summed E-state index contributed by atoms with van der Waals surface area (Å²) in [6, 6.07) is 10.4. The second kappa shape index (κ2) is 47.6. The second-order valence-corrected chi connectivity index (χ2v) is 31.7. The maximum absolute atomic E-state index is 12.7. The Bertz CT molecular complexity index is 4320. The fourth-order valence-corrected chi connectivity index (χ4v) is 10.6. The highest BCUT2D eigenvalue weighted by Crippen LogP contribution is 2.30. The maximum Gasteiger partial charge on any atom is 0.573 e. The number of imidazole rings is 4. The first-order valence-electron chi connectivity index (χ1n) is 38.1. The summed E-state index contributed by atoms with van der Waals surface area (Å²) >= 11 is 2.99. The van der Waals surface area contributed by atoms with Gasteiger partial charge in [-0.2, -0.15) is 0 Å². The van der Waals surface area contributed by atoms with Gasteiger partial charge in [-0.05, 0) is 194 Å². The highest BCUT2D eigenvalue weighted by Gasteiger charge is 2.37. The summed E-state index contributed by atoms with van der Waals surface area (Å²) in [6.45, 7) is 16.4. The number of nitrogens with one attached hydrogen (secondary N) is 1. The van der Waals surface area contributed by atoms with Crippen LogP contribution in [0.1, 0.15) is 212 Å². The van der Waals surface area contributed by atoms with Crippen LogP contribution in [0.25, 0.3) is 0 Å². The number of hydrogen-bond acceptors (Lipinski definition) is 24. The molecule has 5 aliphatic rings. The molecule has 0 unspecified atom stereocenters. The number of amidine groups is 2. The average molecular weight is 1770 g/mol. The lowest BCUT2D eigenvalue weighted by molar-refractivity contribution is -0.275. The largest absolute Gasteiger partial charge is 0.573 e. The normalized spacial score (nSPS) is 14.8. The molecule has 0 radical (unpaired) electrons. The minimum atomic E-state index is -4.81. The Morgan fingerprint density at radius 1 is 0.483 bits per heavy atom. The predicted molar refractivity (Wildman–Crippen MR) is 428 cm³/mol. The van der Waals surface area contributed by atoms with E-state index in [-0.39, 0.29) is 124 Å². The van der Waals surface area contributed by atoms with Gasteiger partial charge in [0.1, 0.15) is 70.3 Å². The lowest BCUT2D eigenvalue weighted by atomic mass is 9.91. The summed E-state index contributed by atoms with van der Waals surface area (Å²) in [6.07, 6.45) is 18.6. The molecule has 120 heavy (non-hydrogen) atoms. The number of rotatable bonds is 22. The van der Waals surface area contributed by atoms with Crippen LogP contribution in [0.2, 0.25) is 0 Å². The molecule has 0 bridgehead atoms. The third-order valence-corrected chi connectivity index (χ3v) is 17.7. The van der Waals surface area contributed by atoms with Crippen LogP contribution in [-0.4, -0.2) is 225 Å². The Morgan fingerprint density at radius 3 is 1.05 bits per heavy atom. The first-order valence-corrected chi connectivity index (χ1v) is 39.3. The number of nitrogens with two attached hydrogens (primary N) is 3. The van der Waals surface area contributed by atoms with Gasteiger partial charge in [0.15, 0.2) is 17.4 Å². The number of halogens is 7. The molecule has 4 aromatic heterocycles. The Labute approximate surface area is 699 Å². The van der Waals surface area contributed by atoms with Gasteiger partial charge in [-0.15, -0.1) is 26.3 Å². The molecule has 10 N–H and O–H groups in total. The van der Waals surface area contributed by atoms with Crippen molar-refractivity contribution in [3.05, 3.63) is 133 Å². The molecule has 5 fully saturated rings. The number of carboxylic acids is 2. The first kappa shape index (κ1) is 101. The predicted octanol–water partition coefficient (Wildman–Crippen LogP) is 9.92. The Morgan fingerprint density at radius 2 is 0.800 bits per heavy atom. The quantitative estimate of drug-likeness (QED) is 0.00382. The van der Waals surface area contributed by atoms with Gasteiger partial charge in [-0.25, -0.2) is 29.5 Å². The molecule has 0 spiro atoms. The number of alkyl halides is 7. The minimum Gasteiger partial charge on any atom is -0.480 e. The lowest BCUT2D eigenvalue weighted by Crippen LogP contribution is -2.48. The zero-order chi connectivity index (χ0) is 90.0. The van der Waals surface area contributed by atoms with E-state index >= 15 is 0 Å². The number of aromatic carboxylic acids is 1. The van der Waals surface area contributed by atoms with Gasteiger partial charge in [0, 0.05) is 94.3 Å². The summed E-state index contributed by atoms with van der Waals surface area (Å²) in [5.41, 5.74) is 16.5. The fraction of sp³-hybridized carbons (Fsp3) is 0.551. The number of aliphatic carboxylic acids is 1. The smallest absolute Gasteiger partial charge is 0.480 e. The van der Waals surface area contributed by atoms with Crippen molar-refractivity contribution in [1.29, 1.82) is 0 Å². The Hall–Kier alpha value is -11.2. The molecule has 5 aliphatic carbocycles. The number of amides is 3. The number of oxime groups is 2. The zero-order valence-electron chi connectivity index (χ0n) is 69.4. The van der Waals surface area contributed by atoms with E-state index < -0.39 is 42.0 Å². The van der Waals surface area contributed by atoms with Crippen LogP contribution in [0, 0.1) is 0 Å². The van der Waals surface area contributed by atoms with Crippen LogP contribution in [-0.2, 0) is 71.2 Å². The number of hydrogen-bond donors (Lipinski definition) is 7. The van der Waals surface area contributed by atoms with E-state index in [1.54, 1.807) is 69.2 Å². The molecule has 0 atom stereocenters. The Kier molecular flexibility index (Phi) is 40.1. The van der Waals surface area contributed by atoms with Gasteiger partial charge in [0.05, 0.1) is 31.9 Å². The van der Waals surface area contributed by atoms with E-state index in [0.717, 1.165) is 82.1 Å². The molecule has 3 amide bonds. The monoisotopic (exact) mass is 1770 g/mol. The van der Waals surface area contributed by atoms with Crippen molar-refractivity contribution in [2.75, 3.05) is 31.5 Å². The third kappa shape index (κ3) is 39.6. The van der Waals surface area contributed by atoms with Gasteiger partial charge in [0.25, 0.3) is 17.7 Å². The third-order valence-electron chi connectivity index (χ3n) is 17.2. The number of nitrogens with zero attached hydrogens (tertiary/aromatic N) is 13. The minimum absolute atomic E-state index is 0.0165. The van der Waals surface area contributed by atoms with Gasteiger partial charge in [-0.1, -0.05) is 39.1 Å². The molecule has 6 aromatic rings. The highest BCUT2D eigenvalue weighted by atomic mass is 79.9. The van der Waals surface area contributed by atoms with Crippen LogP contribution in [0.5, 0.6) is 11.5 Å². The number of ether oxygens (including phenoxy) is 5. The first-order chi connectivity index (χ1) is 55.9. The summed E-state index contributed by atoms with van der Waals surface area (Å²) < 4.78 is 101. The van der Waals surface area contributed by atoms with Gasteiger partial charge >= 0.3 is 48.5 Å². The fourth-order valence-electron chi connectivity index (χ4n) is 10.4. The van der Waals surface area contributed by atoms with Gasteiger partial charge in [-0.3, -0.25) is 33.6 Å². The van der Waals surface area contributed by atoms with E-state index in [1.165, 1.54) is 97.8 Å². The molecule has 35 nitrogen and oxygen atoms in total. The number of aryl methyl sites for hydroxylation is 4. The van der Waals surface area contributed by atoms with E-state index in [2.05, 4.69) is 61.0 Å². The molecule has 664 valence electrons. The standard InChI is InChI=1S/C19H20F3N5O4.C15H23N3O3.C11H15N3O3.C10H19NO2.C8H7F3N2O2.C6H11BrO2.C5H6N2O2.C4H9N/c1-26-9-15(24-11-26)18(29)27(13-3-2-4-13)10-16(28)31-25-17(23)12-5-7-14(8-6-12)30-19(20,21)22;1-15(2,3)21-13(19)9-18(11-6-5-7-11)14(20)12-8-17(4)10-16-12;1-13-5-9(12-7-13)11(17)14(6-10(15)16)8-3-2-4-8;1-10(2,3)13-9(12)7-11-8-5-4-6-8;9-8(10,11)15-6-3-1-5(2-4-6)7(12)13-14;1-6(2,3)9-5(8)4-7;1-7-2-4(5(8)9)6-3-7;5-4-2-1-3-4/h5-9,11,13H,2-4,10H2,1H3,(H2,23,25);8,10-11H,5-7,9H2,1-4H3;5,7-8H,2-4,6H2,1H3,(H,15,16);8,11H,4-7H2,1-3H3;1-4,14H,(H2,12,13);4H2,1-3H3;2-3H,1H3,(H,8,9);4H,1-3,5H2. The molecular weight excluding hydrogens is 1660 g/mol. The van der Waals surface area contributed by atoms with E-state index in [9.17, 15) is 69.5 Å². The number of carboxylic acid groups (broad SMARTS) is 2. The van der Waals surface area contributed by atoms with Crippen molar-refractivity contribution in [2.45, 2.75) is 218 Å². The van der Waals surface area contributed by atoms with Crippen molar-refractivity contribution in [3.63, 3.8) is 0 Å². The number of aromatic nitrogens is 8. The summed E-state index contributed by atoms with van der Waals surface area (Å²) in [4.78, 5) is 129. The summed E-state index contributed by atoms with van der Waals surface area (Å²) in [5, 5.41) is 35.1. The van der Waals surface area contributed by atoms with Crippen LogP contribution >= 0.6 is 15.9 Å². The number of carbonyl (C=O) groups excluding carboxylic acids is 7. The zero-order valence-corrected chi connectivity index (χ0v) is 71.0. The molecular formula is C78H110BrF6N17O18. The molecule has 2 aromatic carbocycles. The van der Waals surface area contributed by atoms with Crippen molar-refractivity contribution < 1.29 is 113 Å². The average Bonchev–Trinajstić information content (AvgIpc) is 1.75. The molecule has 11 rings (SSSR count). The number of benzene rings is 2. The van der Waals surface area contributed by atoms with Crippen LogP contribution in [0.3, 0.4) is 0 Å². The molecule has 0 aliphatic heterocycles. The lowest BCUT2D eigenvalue weighted by Gasteiger charge is -2.37. The second-order valence-electron chi connectivity index (χ2n) is 31.1. The van der Waals surface area contributed by atoms with Gasteiger partial charge in [0.2, 0.25) is 0 Å². The molecule has 0 saturated heterocycles.